The molecule has 0 heterocycles. The summed E-state index contributed by atoms with van der Waals surface area (Å²) in [5, 5.41) is 9.82. The van der Waals surface area contributed by atoms with Gasteiger partial charge in [-0.05, 0) is 70.6 Å². The minimum absolute atomic E-state index is 0.171. The summed E-state index contributed by atoms with van der Waals surface area (Å²) in [6.45, 7) is 4.68. The third kappa shape index (κ3) is 54.7. The summed E-state index contributed by atoms with van der Waals surface area (Å²) in [6.07, 6.45) is 58.4. The molecule has 0 aliphatic heterocycles. The Bertz CT molecular complexity index is 1340. The maximum absolute atomic E-state index is 12.9. The Morgan fingerprint density at radius 1 is 0.365 bits per heavy atom. The van der Waals surface area contributed by atoms with Crippen LogP contribution in [-0.2, 0) is 42.2 Å². The van der Waals surface area contributed by atoms with Gasteiger partial charge in [-0.1, -0.05) is 251 Å². The predicted octanol–water partition coefficient (Wildman–Crippen LogP) is 18.6. The van der Waals surface area contributed by atoms with Crippen LogP contribution in [0, 0.1) is 0 Å². The number of esters is 3. The highest BCUT2D eigenvalue weighted by Gasteiger charge is 2.28. The summed E-state index contributed by atoms with van der Waals surface area (Å²) in [4.78, 5) is 48.6. The molecule has 0 aromatic rings. The Morgan fingerprint density at radius 2 is 0.622 bits per heavy atom. The van der Waals surface area contributed by atoms with E-state index in [9.17, 15) is 28.9 Å². The maximum atomic E-state index is 12.9. The number of aliphatic hydroxyl groups is 1. The second-order valence-electron chi connectivity index (χ2n) is 21.2. The molecule has 0 saturated carbocycles. The van der Waals surface area contributed by atoms with Crippen molar-refractivity contribution >= 4 is 25.7 Å². The SMILES string of the molecule is CCCCCC/C=C\CCCCCCCC(=O)OC(CO)COP(=O)(O)OCC(COC(=O)CCCCCCCCCCC/C=C\CCCCCCCC)OC(=O)CCCCCCCCCCCCCCCCC. The van der Waals surface area contributed by atoms with Crippen molar-refractivity contribution in [3.8, 4) is 0 Å². The number of aliphatic hydroxyl groups excluding tert-OH is 1. The van der Waals surface area contributed by atoms with E-state index in [-0.39, 0.29) is 25.9 Å². The summed E-state index contributed by atoms with van der Waals surface area (Å²) in [6, 6.07) is 0. The van der Waals surface area contributed by atoms with Crippen molar-refractivity contribution in [1.82, 2.24) is 0 Å². The van der Waals surface area contributed by atoms with Crippen LogP contribution >= 0.6 is 7.82 Å². The zero-order chi connectivity index (χ0) is 54.1. The van der Waals surface area contributed by atoms with Crippen LogP contribution in [0.2, 0.25) is 0 Å². The van der Waals surface area contributed by atoms with Crippen molar-refractivity contribution in [2.45, 2.75) is 328 Å². The average molecular weight is 1070 g/mol. The van der Waals surface area contributed by atoms with Gasteiger partial charge in [0, 0.05) is 19.3 Å². The smallest absolute Gasteiger partial charge is 0.462 e. The first-order valence-corrected chi connectivity index (χ1v) is 32.7. The number of hydrogen-bond donors (Lipinski definition) is 2. The largest absolute Gasteiger partial charge is 0.472 e. The van der Waals surface area contributed by atoms with E-state index < -0.39 is 57.8 Å². The fourth-order valence-electron chi connectivity index (χ4n) is 9.05. The van der Waals surface area contributed by atoms with Crippen molar-refractivity contribution in [3.05, 3.63) is 24.3 Å². The monoisotopic (exact) mass is 1070 g/mol. The van der Waals surface area contributed by atoms with Gasteiger partial charge in [0.15, 0.2) is 6.10 Å². The van der Waals surface area contributed by atoms with E-state index in [0.717, 1.165) is 77.0 Å². The lowest BCUT2D eigenvalue weighted by atomic mass is 10.0. The molecule has 0 fully saturated rings. The van der Waals surface area contributed by atoms with E-state index in [1.165, 1.54) is 180 Å². The van der Waals surface area contributed by atoms with E-state index in [1.807, 2.05) is 0 Å². The highest BCUT2D eigenvalue weighted by Crippen LogP contribution is 2.43. The Labute approximate surface area is 455 Å². The molecule has 2 N–H and O–H groups in total. The van der Waals surface area contributed by atoms with Gasteiger partial charge >= 0.3 is 25.7 Å². The minimum atomic E-state index is -4.74. The van der Waals surface area contributed by atoms with Crippen LogP contribution in [0.15, 0.2) is 24.3 Å². The Hall–Kier alpha value is -2.04. The molecule has 436 valence electrons. The first-order valence-electron chi connectivity index (χ1n) is 31.2. The molecule has 0 aliphatic rings. The lowest BCUT2D eigenvalue weighted by molar-refractivity contribution is -0.161. The first-order chi connectivity index (χ1) is 36.2. The number of phosphoric ester groups is 1. The molecule has 0 aliphatic carbocycles. The molecular weight excluding hydrogens is 952 g/mol. The molecule has 12 heteroatoms. The number of rotatable bonds is 59. The van der Waals surface area contributed by atoms with Gasteiger partial charge in [-0.2, -0.15) is 0 Å². The summed E-state index contributed by atoms with van der Waals surface area (Å²) in [5.74, 6) is -1.45. The molecule has 0 aromatic heterocycles. The molecule has 0 rings (SSSR count). The van der Waals surface area contributed by atoms with Gasteiger partial charge in [-0.15, -0.1) is 0 Å². The molecule has 0 aromatic carbocycles. The summed E-state index contributed by atoms with van der Waals surface area (Å²) in [5.41, 5.74) is 0. The van der Waals surface area contributed by atoms with Gasteiger partial charge in [0.25, 0.3) is 0 Å². The fraction of sp³-hybridized carbons (Fsp3) is 0.887. The first kappa shape index (κ1) is 72.0. The van der Waals surface area contributed by atoms with E-state index in [0.29, 0.717) is 19.3 Å². The highest BCUT2D eigenvalue weighted by atomic mass is 31.2. The number of phosphoric acid groups is 1. The van der Waals surface area contributed by atoms with Gasteiger partial charge < -0.3 is 24.2 Å². The number of ether oxygens (including phenoxy) is 3. The van der Waals surface area contributed by atoms with Crippen molar-refractivity contribution in [2.75, 3.05) is 26.4 Å². The predicted molar refractivity (Wildman–Crippen MR) is 307 cm³/mol. The second kappa shape index (κ2) is 57.1. The van der Waals surface area contributed by atoms with Crippen LogP contribution in [0.3, 0.4) is 0 Å². The quantitative estimate of drug-likeness (QED) is 0.0197. The van der Waals surface area contributed by atoms with Crippen LogP contribution in [0.4, 0.5) is 0 Å². The van der Waals surface area contributed by atoms with Crippen molar-refractivity contribution in [3.63, 3.8) is 0 Å². The molecule has 74 heavy (non-hydrogen) atoms. The maximum Gasteiger partial charge on any atom is 0.472 e. The topological polar surface area (TPSA) is 155 Å². The number of unbranched alkanes of at least 4 members (excludes halogenated alkanes) is 38. The number of carbonyl (C=O) groups excluding carboxylic acids is 3. The van der Waals surface area contributed by atoms with E-state index >= 15 is 0 Å². The number of hydrogen-bond acceptors (Lipinski definition) is 10. The second-order valence-corrected chi connectivity index (χ2v) is 22.7. The summed E-state index contributed by atoms with van der Waals surface area (Å²) in [7, 11) is -4.74. The van der Waals surface area contributed by atoms with Crippen LogP contribution in [-0.4, -0.2) is 66.5 Å². The fourth-order valence-corrected chi connectivity index (χ4v) is 9.84. The van der Waals surface area contributed by atoms with Crippen molar-refractivity contribution in [1.29, 1.82) is 0 Å². The lowest BCUT2D eigenvalue weighted by Gasteiger charge is -2.21. The molecule has 11 nitrogen and oxygen atoms in total. The third-order valence-electron chi connectivity index (χ3n) is 13.8. The van der Waals surface area contributed by atoms with E-state index in [4.69, 9.17) is 23.3 Å². The van der Waals surface area contributed by atoms with Crippen molar-refractivity contribution < 1.29 is 52.2 Å². The average Bonchev–Trinajstić information content (AvgIpc) is 3.39. The van der Waals surface area contributed by atoms with Gasteiger partial charge in [0.2, 0.25) is 0 Å². The zero-order valence-corrected chi connectivity index (χ0v) is 49.2. The zero-order valence-electron chi connectivity index (χ0n) is 48.3. The molecule has 0 amide bonds. The van der Waals surface area contributed by atoms with Crippen LogP contribution < -0.4 is 0 Å². The molecule has 0 saturated heterocycles. The van der Waals surface area contributed by atoms with Gasteiger partial charge in [-0.25, -0.2) is 4.57 Å². The summed E-state index contributed by atoms with van der Waals surface area (Å²) < 4.78 is 39.6. The van der Waals surface area contributed by atoms with E-state index in [2.05, 4.69) is 45.1 Å². The molecular formula is C62H117O11P. The Morgan fingerprint density at radius 3 is 0.946 bits per heavy atom. The van der Waals surface area contributed by atoms with Gasteiger partial charge in [0.1, 0.15) is 12.7 Å². The van der Waals surface area contributed by atoms with Gasteiger partial charge in [-0.3, -0.25) is 23.4 Å². The van der Waals surface area contributed by atoms with Crippen LogP contribution in [0.5, 0.6) is 0 Å². The number of allylic oxidation sites excluding steroid dienone is 4. The van der Waals surface area contributed by atoms with E-state index in [1.54, 1.807) is 0 Å². The van der Waals surface area contributed by atoms with Gasteiger partial charge in [0.05, 0.1) is 19.8 Å². The van der Waals surface area contributed by atoms with Crippen LogP contribution in [0.1, 0.15) is 316 Å². The molecule has 0 bridgehead atoms. The third-order valence-corrected chi connectivity index (χ3v) is 14.8. The summed E-state index contributed by atoms with van der Waals surface area (Å²) >= 11 is 0. The standard InChI is InChI=1S/C62H117O11P/c1-4-7-10-13-16-19-22-25-27-28-29-30-32-34-36-39-42-45-48-51-60(64)69-55-59(73-62(66)53-50-47-44-41-38-35-31-26-23-20-17-14-11-8-5-2)57-71-74(67,68)70-56-58(54-63)72-61(65)52-49-46-43-40-37-33-24-21-18-15-12-9-6-3/h21,24-25,27,58-59,63H,4-20,22-23,26,28-57H2,1-3H3,(H,67,68)/b24-21-,27-25-. The minimum Gasteiger partial charge on any atom is -0.462 e. The molecule has 3 unspecified atom stereocenters. The van der Waals surface area contributed by atoms with Crippen LogP contribution in [0.25, 0.3) is 0 Å². The number of carbonyl (C=O) groups is 3. The van der Waals surface area contributed by atoms with Crippen molar-refractivity contribution in [2.24, 2.45) is 0 Å². The molecule has 3 atom stereocenters. The molecule has 0 radical (unpaired) electrons. The Kier molecular flexibility index (Phi) is 55.6. The molecule has 0 spiro atoms. The highest BCUT2D eigenvalue weighted by molar-refractivity contribution is 7.47. The lowest BCUT2D eigenvalue weighted by Crippen LogP contribution is -2.30. The normalized spacial score (nSPS) is 13.4. The Balaban J connectivity index is 4.66.